The minimum Gasteiger partial charge on any atom is -0.330 e. The predicted octanol–water partition coefficient (Wildman–Crippen LogP) is 3.05. The smallest absolute Gasteiger partial charge is 0.0594 e. The highest BCUT2D eigenvalue weighted by Crippen LogP contribution is 2.24. The highest BCUT2D eigenvalue weighted by atomic mass is 79.9. The van der Waals surface area contributed by atoms with Crippen molar-refractivity contribution in [3.63, 3.8) is 0 Å². The molecular weight excluding hydrogens is 264 g/mol. The number of rotatable bonds is 3. The number of benzene rings is 1. The standard InChI is InChI=1S/C13H15BrN2/c1-10-4-5-13(12(14)9-10)16-8-2-3-11(16)6-7-15/h2-5,8-9H,6-7,15H2,1H3. The molecule has 0 spiro atoms. The first-order chi connectivity index (χ1) is 7.72. The molecule has 0 aliphatic heterocycles. The molecule has 16 heavy (non-hydrogen) atoms. The lowest BCUT2D eigenvalue weighted by Crippen LogP contribution is -2.07. The highest BCUT2D eigenvalue weighted by Gasteiger charge is 2.06. The summed E-state index contributed by atoms with van der Waals surface area (Å²) in [7, 11) is 0. The second-order valence-corrected chi connectivity index (χ2v) is 4.72. The first kappa shape index (κ1) is 11.4. The monoisotopic (exact) mass is 278 g/mol. The van der Waals surface area contributed by atoms with Crippen molar-refractivity contribution in [2.75, 3.05) is 6.54 Å². The maximum atomic E-state index is 5.60. The van der Waals surface area contributed by atoms with Crippen LogP contribution in [0.5, 0.6) is 0 Å². The minimum atomic E-state index is 0.674. The maximum absolute atomic E-state index is 5.60. The fourth-order valence-corrected chi connectivity index (χ4v) is 2.49. The SMILES string of the molecule is Cc1ccc(-n2cccc2CCN)c(Br)c1. The molecule has 0 amide bonds. The van der Waals surface area contributed by atoms with Crippen LogP contribution < -0.4 is 5.73 Å². The number of aryl methyl sites for hydroxylation is 1. The Morgan fingerprint density at radius 2 is 2.12 bits per heavy atom. The van der Waals surface area contributed by atoms with Crippen molar-refractivity contribution in [1.29, 1.82) is 0 Å². The van der Waals surface area contributed by atoms with Gasteiger partial charge in [0.05, 0.1) is 5.69 Å². The maximum Gasteiger partial charge on any atom is 0.0594 e. The van der Waals surface area contributed by atoms with E-state index in [-0.39, 0.29) is 0 Å². The molecule has 3 heteroatoms. The van der Waals surface area contributed by atoms with Gasteiger partial charge in [-0.15, -0.1) is 0 Å². The fourth-order valence-electron chi connectivity index (χ4n) is 1.81. The molecule has 84 valence electrons. The van der Waals surface area contributed by atoms with Crippen LogP contribution in [-0.4, -0.2) is 11.1 Å². The zero-order chi connectivity index (χ0) is 11.5. The fraction of sp³-hybridized carbons (Fsp3) is 0.231. The van der Waals surface area contributed by atoms with Crippen molar-refractivity contribution in [3.8, 4) is 5.69 Å². The summed E-state index contributed by atoms with van der Waals surface area (Å²) in [5.74, 6) is 0. The average molecular weight is 279 g/mol. The number of nitrogens with two attached hydrogens (primary N) is 1. The average Bonchev–Trinajstić information content (AvgIpc) is 2.67. The van der Waals surface area contributed by atoms with E-state index in [2.05, 4.69) is 63.9 Å². The largest absolute Gasteiger partial charge is 0.330 e. The van der Waals surface area contributed by atoms with E-state index in [0.29, 0.717) is 6.54 Å². The van der Waals surface area contributed by atoms with Gasteiger partial charge in [-0.25, -0.2) is 0 Å². The summed E-state index contributed by atoms with van der Waals surface area (Å²) in [5.41, 5.74) is 9.27. The second-order valence-electron chi connectivity index (χ2n) is 3.86. The Kier molecular flexibility index (Phi) is 3.46. The molecule has 0 saturated heterocycles. The summed E-state index contributed by atoms with van der Waals surface area (Å²) in [5, 5.41) is 0. The van der Waals surface area contributed by atoms with Crippen molar-refractivity contribution in [2.24, 2.45) is 5.73 Å². The van der Waals surface area contributed by atoms with Gasteiger partial charge in [0.15, 0.2) is 0 Å². The normalized spacial score (nSPS) is 10.7. The number of halogens is 1. The van der Waals surface area contributed by atoms with Crippen LogP contribution in [0.4, 0.5) is 0 Å². The molecular formula is C13H15BrN2. The summed E-state index contributed by atoms with van der Waals surface area (Å²) >= 11 is 3.60. The molecule has 1 aromatic carbocycles. The molecule has 0 atom stereocenters. The van der Waals surface area contributed by atoms with Crippen LogP contribution in [0.15, 0.2) is 41.0 Å². The Labute approximate surface area is 104 Å². The molecule has 2 N–H and O–H groups in total. The van der Waals surface area contributed by atoms with Gasteiger partial charge in [0.2, 0.25) is 0 Å². The van der Waals surface area contributed by atoms with E-state index in [1.54, 1.807) is 0 Å². The van der Waals surface area contributed by atoms with Gasteiger partial charge in [-0.05, 0) is 59.2 Å². The van der Waals surface area contributed by atoms with Crippen molar-refractivity contribution in [3.05, 3.63) is 52.3 Å². The third-order valence-electron chi connectivity index (χ3n) is 2.60. The Bertz CT molecular complexity index is 488. The van der Waals surface area contributed by atoms with E-state index in [4.69, 9.17) is 5.73 Å². The van der Waals surface area contributed by atoms with Crippen molar-refractivity contribution in [2.45, 2.75) is 13.3 Å². The Balaban J connectivity index is 2.46. The molecule has 0 unspecified atom stereocenters. The van der Waals surface area contributed by atoms with Gasteiger partial charge in [0, 0.05) is 22.8 Å². The van der Waals surface area contributed by atoms with Gasteiger partial charge in [0.1, 0.15) is 0 Å². The van der Waals surface area contributed by atoms with Gasteiger partial charge in [-0.2, -0.15) is 0 Å². The van der Waals surface area contributed by atoms with E-state index in [1.807, 2.05) is 0 Å². The van der Waals surface area contributed by atoms with E-state index in [9.17, 15) is 0 Å². The van der Waals surface area contributed by atoms with E-state index >= 15 is 0 Å². The second kappa shape index (κ2) is 4.85. The van der Waals surface area contributed by atoms with E-state index in [0.717, 1.165) is 10.9 Å². The zero-order valence-electron chi connectivity index (χ0n) is 9.28. The van der Waals surface area contributed by atoms with Crippen LogP contribution in [0.1, 0.15) is 11.3 Å². The first-order valence-corrected chi connectivity index (χ1v) is 6.14. The number of nitrogens with zero attached hydrogens (tertiary/aromatic N) is 1. The van der Waals surface area contributed by atoms with Gasteiger partial charge < -0.3 is 10.3 Å². The van der Waals surface area contributed by atoms with Crippen LogP contribution in [-0.2, 0) is 6.42 Å². The minimum absolute atomic E-state index is 0.674. The molecule has 2 aromatic rings. The van der Waals surface area contributed by atoms with E-state index in [1.165, 1.54) is 16.9 Å². The third kappa shape index (κ3) is 2.20. The van der Waals surface area contributed by atoms with Crippen LogP contribution in [0.2, 0.25) is 0 Å². The summed E-state index contributed by atoms with van der Waals surface area (Å²) in [6.45, 7) is 2.76. The lowest BCUT2D eigenvalue weighted by molar-refractivity contribution is 0.872. The molecule has 0 radical (unpaired) electrons. The summed E-state index contributed by atoms with van der Waals surface area (Å²) < 4.78 is 3.29. The number of hydrogen-bond donors (Lipinski definition) is 1. The molecule has 0 aliphatic carbocycles. The molecule has 1 heterocycles. The Hall–Kier alpha value is -1.06. The van der Waals surface area contributed by atoms with Crippen molar-refractivity contribution >= 4 is 15.9 Å². The molecule has 0 saturated carbocycles. The summed E-state index contributed by atoms with van der Waals surface area (Å²) in [4.78, 5) is 0. The van der Waals surface area contributed by atoms with Crippen molar-refractivity contribution in [1.82, 2.24) is 4.57 Å². The molecule has 0 aliphatic rings. The van der Waals surface area contributed by atoms with Crippen LogP contribution in [0.25, 0.3) is 5.69 Å². The van der Waals surface area contributed by atoms with Crippen LogP contribution in [0.3, 0.4) is 0 Å². The third-order valence-corrected chi connectivity index (χ3v) is 3.23. The van der Waals surface area contributed by atoms with Gasteiger partial charge in [-0.1, -0.05) is 6.07 Å². The Morgan fingerprint density at radius 3 is 2.81 bits per heavy atom. The predicted molar refractivity (Wildman–Crippen MR) is 71.0 cm³/mol. The van der Waals surface area contributed by atoms with E-state index < -0.39 is 0 Å². The van der Waals surface area contributed by atoms with Gasteiger partial charge >= 0.3 is 0 Å². The zero-order valence-corrected chi connectivity index (χ0v) is 10.9. The van der Waals surface area contributed by atoms with Gasteiger partial charge in [-0.3, -0.25) is 0 Å². The Morgan fingerprint density at radius 1 is 1.31 bits per heavy atom. The number of aromatic nitrogens is 1. The molecule has 2 nitrogen and oxygen atoms in total. The number of hydrogen-bond acceptors (Lipinski definition) is 1. The lowest BCUT2D eigenvalue weighted by Gasteiger charge is -2.11. The molecule has 0 fully saturated rings. The molecule has 0 bridgehead atoms. The molecule has 2 rings (SSSR count). The topological polar surface area (TPSA) is 30.9 Å². The van der Waals surface area contributed by atoms with Gasteiger partial charge in [0.25, 0.3) is 0 Å². The quantitative estimate of drug-likeness (QED) is 0.919. The lowest BCUT2D eigenvalue weighted by atomic mass is 10.2. The van der Waals surface area contributed by atoms with Crippen molar-refractivity contribution < 1.29 is 0 Å². The summed E-state index contributed by atoms with van der Waals surface area (Å²) in [6.07, 6.45) is 2.97. The van der Waals surface area contributed by atoms with Crippen LogP contribution in [0, 0.1) is 6.92 Å². The summed E-state index contributed by atoms with van der Waals surface area (Å²) in [6, 6.07) is 10.5. The molecule has 1 aromatic heterocycles. The highest BCUT2D eigenvalue weighted by molar-refractivity contribution is 9.10. The first-order valence-electron chi connectivity index (χ1n) is 5.35. The van der Waals surface area contributed by atoms with Crippen LogP contribution >= 0.6 is 15.9 Å².